The van der Waals surface area contributed by atoms with Crippen LogP contribution < -0.4 is 5.32 Å². The zero-order valence-electron chi connectivity index (χ0n) is 11.7. The van der Waals surface area contributed by atoms with Gasteiger partial charge in [0.2, 0.25) is 0 Å². The average molecular weight is 249 g/mol. The Bertz CT molecular complexity index is 404. The number of benzene rings is 1. The third-order valence-corrected chi connectivity index (χ3v) is 4.35. The SMILES string of the molecule is Cc1ccc(F)cc1C1(C(C)C)CCCCCN1. The van der Waals surface area contributed by atoms with Crippen molar-refractivity contribution in [2.45, 2.75) is 52.0 Å². The summed E-state index contributed by atoms with van der Waals surface area (Å²) in [5.74, 6) is 0.345. The summed E-state index contributed by atoms with van der Waals surface area (Å²) in [5, 5.41) is 3.71. The summed E-state index contributed by atoms with van der Waals surface area (Å²) >= 11 is 0. The fourth-order valence-electron chi connectivity index (χ4n) is 3.21. The molecule has 1 aromatic rings. The van der Waals surface area contributed by atoms with Crippen molar-refractivity contribution in [3.05, 3.63) is 35.1 Å². The Labute approximate surface area is 110 Å². The van der Waals surface area contributed by atoms with Crippen molar-refractivity contribution >= 4 is 0 Å². The topological polar surface area (TPSA) is 12.0 Å². The van der Waals surface area contributed by atoms with E-state index < -0.39 is 0 Å². The highest BCUT2D eigenvalue weighted by molar-refractivity contribution is 5.34. The molecule has 1 nitrogen and oxygen atoms in total. The van der Waals surface area contributed by atoms with Crippen molar-refractivity contribution in [2.75, 3.05) is 6.54 Å². The summed E-state index contributed by atoms with van der Waals surface area (Å²) in [7, 11) is 0. The van der Waals surface area contributed by atoms with Gasteiger partial charge in [0, 0.05) is 5.54 Å². The molecule has 0 aliphatic carbocycles. The quantitative estimate of drug-likeness (QED) is 0.830. The molecule has 2 rings (SSSR count). The van der Waals surface area contributed by atoms with Gasteiger partial charge in [-0.25, -0.2) is 4.39 Å². The Morgan fingerprint density at radius 3 is 2.72 bits per heavy atom. The van der Waals surface area contributed by atoms with Gasteiger partial charge < -0.3 is 5.32 Å². The van der Waals surface area contributed by atoms with Gasteiger partial charge in [0.15, 0.2) is 0 Å². The Kier molecular flexibility index (Phi) is 4.06. The third kappa shape index (κ3) is 2.44. The summed E-state index contributed by atoms with van der Waals surface area (Å²) < 4.78 is 13.6. The first-order chi connectivity index (χ1) is 8.56. The summed E-state index contributed by atoms with van der Waals surface area (Å²) in [4.78, 5) is 0. The predicted molar refractivity (Wildman–Crippen MR) is 74.1 cm³/mol. The molecule has 0 aromatic heterocycles. The lowest BCUT2D eigenvalue weighted by Crippen LogP contribution is -2.46. The van der Waals surface area contributed by atoms with Crippen LogP contribution in [0.1, 0.15) is 50.7 Å². The lowest BCUT2D eigenvalue weighted by molar-refractivity contribution is 0.229. The second-order valence-corrected chi connectivity index (χ2v) is 5.82. The van der Waals surface area contributed by atoms with E-state index in [9.17, 15) is 4.39 Å². The van der Waals surface area contributed by atoms with Crippen LogP contribution in [0.3, 0.4) is 0 Å². The molecule has 1 aliphatic heterocycles. The van der Waals surface area contributed by atoms with Gasteiger partial charge in [0.05, 0.1) is 0 Å². The van der Waals surface area contributed by atoms with E-state index in [2.05, 4.69) is 26.1 Å². The largest absolute Gasteiger partial charge is 0.307 e. The van der Waals surface area contributed by atoms with Crippen LogP contribution in [0.2, 0.25) is 0 Å². The van der Waals surface area contributed by atoms with Gasteiger partial charge >= 0.3 is 0 Å². The Morgan fingerprint density at radius 2 is 2.00 bits per heavy atom. The van der Waals surface area contributed by atoms with Crippen LogP contribution in [0.4, 0.5) is 4.39 Å². The molecule has 1 saturated heterocycles. The Morgan fingerprint density at radius 1 is 1.22 bits per heavy atom. The molecule has 1 heterocycles. The number of hydrogen-bond donors (Lipinski definition) is 1. The standard InChI is InChI=1S/C16H24FN/c1-12(2)16(9-5-4-6-10-18-16)15-11-14(17)8-7-13(15)3/h7-8,11-12,18H,4-6,9-10H2,1-3H3. The fraction of sp³-hybridized carbons (Fsp3) is 0.625. The first-order valence-electron chi connectivity index (χ1n) is 7.08. The van der Waals surface area contributed by atoms with Gasteiger partial charge in [-0.1, -0.05) is 32.8 Å². The van der Waals surface area contributed by atoms with E-state index in [0.717, 1.165) is 18.5 Å². The van der Waals surface area contributed by atoms with Crippen LogP contribution in [-0.4, -0.2) is 6.54 Å². The highest BCUT2D eigenvalue weighted by Crippen LogP contribution is 2.38. The molecule has 2 heteroatoms. The zero-order chi connectivity index (χ0) is 13.2. The molecule has 0 saturated carbocycles. The van der Waals surface area contributed by atoms with E-state index in [1.54, 1.807) is 12.1 Å². The molecular formula is C16H24FN. The van der Waals surface area contributed by atoms with E-state index in [-0.39, 0.29) is 11.4 Å². The summed E-state index contributed by atoms with van der Waals surface area (Å²) in [5.41, 5.74) is 2.29. The maximum absolute atomic E-state index is 13.6. The van der Waals surface area contributed by atoms with Gasteiger partial charge in [-0.2, -0.15) is 0 Å². The average Bonchev–Trinajstić information content (AvgIpc) is 2.58. The highest BCUT2D eigenvalue weighted by Gasteiger charge is 2.36. The third-order valence-electron chi connectivity index (χ3n) is 4.35. The lowest BCUT2D eigenvalue weighted by atomic mass is 9.75. The van der Waals surface area contributed by atoms with Gasteiger partial charge in [0.1, 0.15) is 5.82 Å². The summed E-state index contributed by atoms with van der Waals surface area (Å²) in [6.45, 7) is 7.60. The number of nitrogens with one attached hydrogen (secondary N) is 1. The first-order valence-corrected chi connectivity index (χ1v) is 7.08. The van der Waals surface area contributed by atoms with Gasteiger partial charge in [-0.15, -0.1) is 0 Å². The Hall–Kier alpha value is -0.890. The van der Waals surface area contributed by atoms with Crippen LogP contribution in [-0.2, 0) is 5.54 Å². The molecule has 0 amide bonds. The van der Waals surface area contributed by atoms with Crippen LogP contribution in [0.5, 0.6) is 0 Å². The van der Waals surface area contributed by atoms with Crippen molar-refractivity contribution in [1.82, 2.24) is 5.32 Å². The molecule has 1 N–H and O–H groups in total. The van der Waals surface area contributed by atoms with Crippen molar-refractivity contribution in [3.8, 4) is 0 Å². The van der Waals surface area contributed by atoms with E-state index in [1.807, 2.05) is 6.07 Å². The van der Waals surface area contributed by atoms with E-state index in [4.69, 9.17) is 0 Å². The second-order valence-electron chi connectivity index (χ2n) is 5.82. The van der Waals surface area contributed by atoms with Crippen molar-refractivity contribution in [2.24, 2.45) is 5.92 Å². The van der Waals surface area contributed by atoms with Crippen molar-refractivity contribution in [1.29, 1.82) is 0 Å². The predicted octanol–water partition coefficient (Wildman–Crippen LogP) is 4.15. The minimum atomic E-state index is -0.123. The van der Waals surface area contributed by atoms with Crippen LogP contribution in [0.15, 0.2) is 18.2 Å². The van der Waals surface area contributed by atoms with E-state index in [1.165, 1.54) is 24.8 Å². The molecule has 1 atom stereocenters. The molecule has 1 fully saturated rings. The monoisotopic (exact) mass is 249 g/mol. The smallest absolute Gasteiger partial charge is 0.123 e. The van der Waals surface area contributed by atoms with Crippen molar-refractivity contribution in [3.63, 3.8) is 0 Å². The lowest BCUT2D eigenvalue weighted by Gasteiger charge is -2.39. The fourth-order valence-corrected chi connectivity index (χ4v) is 3.21. The zero-order valence-corrected chi connectivity index (χ0v) is 11.7. The number of hydrogen-bond acceptors (Lipinski definition) is 1. The minimum absolute atomic E-state index is 0.0529. The summed E-state index contributed by atoms with van der Waals surface area (Å²) in [6.07, 6.45) is 4.83. The maximum atomic E-state index is 13.6. The molecule has 1 unspecified atom stereocenters. The maximum Gasteiger partial charge on any atom is 0.123 e. The molecular weight excluding hydrogens is 225 g/mol. The summed E-state index contributed by atoms with van der Waals surface area (Å²) in [6, 6.07) is 5.19. The molecule has 1 aromatic carbocycles. The van der Waals surface area contributed by atoms with E-state index in [0.29, 0.717) is 5.92 Å². The normalized spacial score (nSPS) is 25.2. The van der Waals surface area contributed by atoms with Gasteiger partial charge in [0.25, 0.3) is 0 Å². The number of aryl methyl sites for hydroxylation is 1. The number of halogens is 1. The Balaban J connectivity index is 2.48. The first kappa shape index (κ1) is 13.5. The van der Waals surface area contributed by atoms with Gasteiger partial charge in [-0.05, 0) is 55.5 Å². The molecule has 0 radical (unpaired) electrons. The van der Waals surface area contributed by atoms with Crippen LogP contribution in [0.25, 0.3) is 0 Å². The van der Waals surface area contributed by atoms with Crippen LogP contribution in [0, 0.1) is 18.7 Å². The highest BCUT2D eigenvalue weighted by atomic mass is 19.1. The molecule has 100 valence electrons. The second kappa shape index (κ2) is 5.40. The van der Waals surface area contributed by atoms with Gasteiger partial charge in [-0.3, -0.25) is 0 Å². The van der Waals surface area contributed by atoms with E-state index >= 15 is 0 Å². The molecule has 0 spiro atoms. The minimum Gasteiger partial charge on any atom is -0.307 e. The van der Waals surface area contributed by atoms with Crippen LogP contribution >= 0.6 is 0 Å². The molecule has 1 aliphatic rings. The number of rotatable bonds is 2. The molecule has 18 heavy (non-hydrogen) atoms. The molecule has 0 bridgehead atoms. The van der Waals surface area contributed by atoms with Crippen molar-refractivity contribution < 1.29 is 4.39 Å².